The molecule has 1 aromatic carbocycles. The van der Waals surface area contributed by atoms with Crippen LogP contribution >= 0.6 is 0 Å². The summed E-state index contributed by atoms with van der Waals surface area (Å²) in [5.74, 6) is 0.789. The molecule has 4 rings (SSSR count). The summed E-state index contributed by atoms with van der Waals surface area (Å²) >= 11 is 0. The number of hydrogen-bond acceptors (Lipinski definition) is 6. The molecule has 1 aliphatic heterocycles. The van der Waals surface area contributed by atoms with Gasteiger partial charge in [0.25, 0.3) is 11.6 Å². The minimum atomic E-state index is -0.0815. The summed E-state index contributed by atoms with van der Waals surface area (Å²) in [7, 11) is 1.65. The fourth-order valence-corrected chi connectivity index (χ4v) is 4.12. The van der Waals surface area contributed by atoms with E-state index in [1.54, 1.807) is 7.11 Å². The van der Waals surface area contributed by atoms with Crippen molar-refractivity contribution in [3.63, 3.8) is 0 Å². The zero-order chi connectivity index (χ0) is 22.0. The zero-order valence-electron chi connectivity index (χ0n) is 18.6. The second-order valence-electron chi connectivity index (χ2n) is 8.35. The van der Waals surface area contributed by atoms with Gasteiger partial charge in [-0.1, -0.05) is 37.2 Å². The first-order chi connectivity index (χ1) is 15.0. The van der Waals surface area contributed by atoms with E-state index < -0.39 is 0 Å². The summed E-state index contributed by atoms with van der Waals surface area (Å²) < 4.78 is 16.9. The van der Waals surface area contributed by atoms with E-state index in [2.05, 4.69) is 10.1 Å². The molecule has 1 aliphatic rings. The molecule has 31 heavy (non-hydrogen) atoms. The Morgan fingerprint density at radius 3 is 2.84 bits per heavy atom. The molecule has 0 radical (unpaired) electrons. The molecule has 164 valence electrons. The summed E-state index contributed by atoms with van der Waals surface area (Å²) in [6, 6.07) is 9.61. The number of fused-ring (bicyclic) bond motifs is 1. The first-order valence-electron chi connectivity index (χ1n) is 10.8. The minimum Gasteiger partial charge on any atom is -0.496 e. The summed E-state index contributed by atoms with van der Waals surface area (Å²) in [6.07, 6.45) is 2.00. The van der Waals surface area contributed by atoms with Gasteiger partial charge in [-0.05, 0) is 37.8 Å². The van der Waals surface area contributed by atoms with Crippen LogP contribution in [0, 0.1) is 6.92 Å². The van der Waals surface area contributed by atoms with Gasteiger partial charge in [-0.2, -0.15) is 0 Å². The lowest BCUT2D eigenvalue weighted by Crippen LogP contribution is -2.37. The summed E-state index contributed by atoms with van der Waals surface area (Å²) in [5, 5.41) is 4.90. The molecule has 3 aromatic rings. The third kappa shape index (κ3) is 4.42. The van der Waals surface area contributed by atoms with Crippen LogP contribution in [-0.4, -0.2) is 47.3 Å². The molecular weight excluding hydrogens is 394 g/mol. The molecule has 7 nitrogen and oxygen atoms in total. The first-order valence-corrected chi connectivity index (χ1v) is 10.8. The maximum Gasteiger partial charge on any atom is 0.259 e. The number of aryl methyl sites for hydroxylation is 1. The van der Waals surface area contributed by atoms with Crippen molar-refractivity contribution < 1.29 is 18.8 Å². The van der Waals surface area contributed by atoms with Crippen LogP contribution in [0.15, 0.2) is 34.9 Å². The number of hydrogen-bond donors (Lipinski definition) is 0. The normalized spacial score (nSPS) is 16.2. The van der Waals surface area contributed by atoms with Crippen LogP contribution in [0.5, 0.6) is 5.75 Å². The molecule has 3 heterocycles. The number of para-hydroxylation sites is 1. The molecule has 0 bridgehead atoms. The Bertz CT molecular complexity index is 1070. The zero-order valence-corrected chi connectivity index (χ0v) is 18.6. The third-order valence-corrected chi connectivity index (χ3v) is 5.67. The Morgan fingerprint density at radius 2 is 2.13 bits per heavy atom. The largest absolute Gasteiger partial charge is 0.496 e. The Balaban J connectivity index is 1.76. The average Bonchev–Trinajstić information content (AvgIpc) is 3.42. The smallest absolute Gasteiger partial charge is 0.259 e. The number of carbonyl (C=O) groups is 1. The number of benzene rings is 1. The van der Waals surface area contributed by atoms with Crippen molar-refractivity contribution in [3.8, 4) is 5.75 Å². The maximum atomic E-state index is 13.9. The van der Waals surface area contributed by atoms with Crippen molar-refractivity contribution in [1.82, 2.24) is 15.0 Å². The SMILES string of the molecule is COc1ccccc1CN(CC1CCCO1)C(=O)c1cc(C)nc2onc(C(C)C)c12. The van der Waals surface area contributed by atoms with E-state index in [1.807, 2.05) is 56.0 Å². The second kappa shape index (κ2) is 9.06. The van der Waals surface area contributed by atoms with Gasteiger partial charge in [0.2, 0.25) is 0 Å². The summed E-state index contributed by atoms with van der Waals surface area (Å²) in [6.45, 7) is 7.60. The molecule has 1 unspecified atom stereocenters. The molecule has 0 saturated carbocycles. The van der Waals surface area contributed by atoms with Gasteiger partial charge >= 0.3 is 0 Å². The van der Waals surface area contributed by atoms with Gasteiger partial charge < -0.3 is 18.9 Å². The van der Waals surface area contributed by atoms with Crippen molar-refractivity contribution >= 4 is 17.0 Å². The molecule has 1 saturated heterocycles. The molecule has 1 amide bonds. The average molecular weight is 424 g/mol. The van der Waals surface area contributed by atoms with Gasteiger partial charge in [0.1, 0.15) is 5.75 Å². The van der Waals surface area contributed by atoms with Gasteiger partial charge in [0.15, 0.2) is 0 Å². The van der Waals surface area contributed by atoms with Crippen LogP contribution in [-0.2, 0) is 11.3 Å². The number of ether oxygens (including phenoxy) is 2. The fraction of sp³-hybridized carbons (Fsp3) is 0.458. The lowest BCUT2D eigenvalue weighted by atomic mass is 10.0. The lowest BCUT2D eigenvalue weighted by Gasteiger charge is -2.27. The van der Waals surface area contributed by atoms with E-state index in [1.165, 1.54) is 0 Å². The van der Waals surface area contributed by atoms with Crippen molar-refractivity contribution in [2.45, 2.75) is 52.2 Å². The number of nitrogens with zero attached hydrogens (tertiary/aromatic N) is 3. The van der Waals surface area contributed by atoms with E-state index >= 15 is 0 Å². The molecule has 1 fully saturated rings. The van der Waals surface area contributed by atoms with Crippen molar-refractivity contribution in [2.75, 3.05) is 20.3 Å². The lowest BCUT2D eigenvalue weighted by molar-refractivity contribution is 0.0507. The second-order valence-corrected chi connectivity index (χ2v) is 8.35. The Kier molecular flexibility index (Phi) is 6.23. The number of carbonyl (C=O) groups excluding carboxylic acids is 1. The first kappa shape index (κ1) is 21.3. The molecule has 2 aromatic heterocycles. The Morgan fingerprint density at radius 1 is 1.32 bits per heavy atom. The number of amides is 1. The van der Waals surface area contributed by atoms with E-state index in [9.17, 15) is 4.79 Å². The van der Waals surface area contributed by atoms with Crippen LogP contribution in [0.4, 0.5) is 0 Å². The standard InChI is InChI=1S/C24H29N3O4/c1-15(2)22-21-19(12-16(3)25-23(21)31-26-22)24(28)27(14-18-9-7-11-30-18)13-17-8-5-6-10-20(17)29-4/h5-6,8,10,12,15,18H,7,9,11,13-14H2,1-4H3. The van der Waals surface area contributed by atoms with Crippen LogP contribution < -0.4 is 4.74 Å². The molecular formula is C24H29N3O4. The fourth-order valence-electron chi connectivity index (χ4n) is 4.12. The Hall–Kier alpha value is -2.93. The van der Waals surface area contributed by atoms with Gasteiger partial charge in [-0.15, -0.1) is 0 Å². The van der Waals surface area contributed by atoms with E-state index in [4.69, 9.17) is 14.0 Å². The van der Waals surface area contributed by atoms with Crippen LogP contribution in [0.1, 0.15) is 59.9 Å². The Labute approximate surface area is 182 Å². The van der Waals surface area contributed by atoms with Crippen molar-refractivity contribution in [3.05, 3.63) is 52.8 Å². The molecule has 0 spiro atoms. The monoisotopic (exact) mass is 423 g/mol. The number of rotatable bonds is 7. The quantitative estimate of drug-likeness (QED) is 0.557. The number of aromatic nitrogens is 2. The predicted molar refractivity (Wildman–Crippen MR) is 117 cm³/mol. The van der Waals surface area contributed by atoms with Crippen LogP contribution in [0.25, 0.3) is 11.1 Å². The topological polar surface area (TPSA) is 77.7 Å². The van der Waals surface area contributed by atoms with Crippen LogP contribution in [0.2, 0.25) is 0 Å². The van der Waals surface area contributed by atoms with Crippen LogP contribution in [0.3, 0.4) is 0 Å². The third-order valence-electron chi connectivity index (χ3n) is 5.67. The van der Waals surface area contributed by atoms with Gasteiger partial charge in [0.05, 0.1) is 29.9 Å². The van der Waals surface area contributed by atoms with Gasteiger partial charge in [0, 0.05) is 31.0 Å². The number of pyridine rings is 1. The highest BCUT2D eigenvalue weighted by atomic mass is 16.5. The molecule has 0 N–H and O–H groups in total. The van der Waals surface area contributed by atoms with Gasteiger partial charge in [-0.25, -0.2) is 4.98 Å². The predicted octanol–water partition coefficient (Wildman–Crippen LogP) is 4.48. The highest BCUT2D eigenvalue weighted by molar-refractivity contribution is 6.06. The number of methoxy groups -OCH3 is 1. The highest BCUT2D eigenvalue weighted by Gasteiger charge is 2.28. The summed E-state index contributed by atoms with van der Waals surface area (Å²) in [4.78, 5) is 20.2. The van der Waals surface area contributed by atoms with Crippen molar-refractivity contribution in [2.24, 2.45) is 0 Å². The van der Waals surface area contributed by atoms with Crippen molar-refractivity contribution in [1.29, 1.82) is 0 Å². The van der Waals surface area contributed by atoms with E-state index in [0.29, 0.717) is 29.8 Å². The summed E-state index contributed by atoms with van der Waals surface area (Å²) in [5.41, 5.74) is 3.39. The van der Waals surface area contributed by atoms with E-state index in [-0.39, 0.29) is 17.9 Å². The molecule has 1 atom stereocenters. The highest BCUT2D eigenvalue weighted by Crippen LogP contribution is 2.30. The molecule has 0 aliphatic carbocycles. The molecule has 7 heteroatoms. The van der Waals surface area contributed by atoms with E-state index in [0.717, 1.165) is 42.1 Å². The van der Waals surface area contributed by atoms with Gasteiger partial charge in [-0.3, -0.25) is 4.79 Å². The minimum absolute atomic E-state index is 0.0316. The maximum absolute atomic E-state index is 13.9.